The lowest BCUT2D eigenvalue weighted by atomic mass is 9.95. The van der Waals surface area contributed by atoms with Crippen LogP contribution in [0.3, 0.4) is 0 Å². The molecule has 3 aromatic carbocycles. The van der Waals surface area contributed by atoms with Gasteiger partial charge in [-0.15, -0.1) is 0 Å². The quantitative estimate of drug-likeness (QED) is 0.347. The Kier molecular flexibility index (Phi) is 6.65. The summed E-state index contributed by atoms with van der Waals surface area (Å²) in [6.07, 6.45) is 3.35. The first-order valence-corrected chi connectivity index (χ1v) is 12.1. The Labute approximate surface area is 202 Å². The van der Waals surface area contributed by atoms with Crippen LogP contribution in [0.25, 0.3) is 22.3 Å². The van der Waals surface area contributed by atoms with Gasteiger partial charge in [0.05, 0.1) is 4.90 Å². The third-order valence-corrected chi connectivity index (χ3v) is 6.38. The third kappa shape index (κ3) is 5.43. The standard InChI is InChI=1S/C25H21ClN4O3S/c26-21-5-8-23(24(27)13-21)19-10-18(17-3-6-22(7-4-17)34(28,32)33)11-20(12-19)25(31)30-15-16-2-1-9-29-14-16/h1-14H,15,27H2,(H,30,31)(H2,28,32,33). The van der Waals surface area contributed by atoms with Crippen LogP contribution in [0.1, 0.15) is 15.9 Å². The molecule has 5 N–H and O–H groups in total. The monoisotopic (exact) mass is 492 g/mol. The normalized spacial score (nSPS) is 11.2. The van der Waals surface area contributed by atoms with E-state index < -0.39 is 10.0 Å². The molecule has 0 bridgehead atoms. The zero-order valence-electron chi connectivity index (χ0n) is 17.9. The molecule has 0 spiro atoms. The molecule has 0 aliphatic heterocycles. The number of benzene rings is 3. The van der Waals surface area contributed by atoms with Gasteiger partial charge in [0.2, 0.25) is 10.0 Å². The number of nitrogen functional groups attached to an aromatic ring is 1. The minimum Gasteiger partial charge on any atom is -0.398 e. The van der Waals surface area contributed by atoms with Gasteiger partial charge in [0.25, 0.3) is 5.91 Å². The van der Waals surface area contributed by atoms with Crippen LogP contribution >= 0.6 is 11.6 Å². The zero-order chi connectivity index (χ0) is 24.3. The Bertz CT molecular complexity index is 1460. The summed E-state index contributed by atoms with van der Waals surface area (Å²) in [5.41, 5.74) is 10.8. The van der Waals surface area contributed by atoms with E-state index in [2.05, 4.69) is 10.3 Å². The summed E-state index contributed by atoms with van der Waals surface area (Å²) >= 11 is 6.06. The van der Waals surface area contributed by atoms with E-state index in [1.807, 2.05) is 12.1 Å². The number of hydrogen-bond donors (Lipinski definition) is 3. The van der Waals surface area contributed by atoms with E-state index in [0.29, 0.717) is 45.1 Å². The van der Waals surface area contributed by atoms with Crippen LogP contribution in [-0.4, -0.2) is 19.3 Å². The summed E-state index contributed by atoms with van der Waals surface area (Å²) in [5.74, 6) is -0.277. The Balaban J connectivity index is 1.75. The van der Waals surface area contributed by atoms with Gasteiger partial charge in [-0.25, -0.2) is 13.6 Å². The molecular weight excluding hydrogens is 472 g/mol. The zero-order valence-corrected chi connectivity index (χ0v) is 19.5. The van der Waals surface area contributed by atoms with E-state index in [-0.39, 0.29) is 10.8 Å². The maximum Gasteiger partial charge on any atom is 0.251 e. The predicted molar refractivity (Wildman–Crippen MR) is 134 cm³/mol. The SMILES string of the molecule is Nc1cc(Cl)ccc1-c1cc(C(=O)NCc2cccnc2)cc(-c2ccc(S(N)(=O)=O)cc2)c1. The Morgan fingerprint density at radius 2 is 1.68 bits per heavy atom. The summed E-state index contributed by atoms with van der Waals surface area (Å²) in [7, 11) is -3.82. The fourth-order valence-electron chi connectivity index (χ4n) is 3.50. The van der Waals surface area contributed by atoms with Crippen LogP contribution in [0.4, 0.5) is 5.69 Å². The molecule has 0 saturated heterocycles. The topological polar surface area (TPSA) is 128 Å². The Morgan fingerprint density at radius 3 is 2.32 bits per heavy atom. The number of primary sulfonamides is 1. The molecule has 0 radical (unpaired) electrons. The number of halogens is 1. The molecule has 4 rings (SSSR count). The maximum atomic E-state index is 13.0. The van der Waals surface area contributed by atoms with Gasteiger partial charge in [-0.05, 0) is 70.8 Å². The van der Waals surface area contributed by atoms with Crippen molar-refractivity contribution < 1.29 is 13.2 Å². The van der Waals surface area contributed by atoms with Crippen LogP contribution in [0.5, 0.6) is 0 Å². The molecule has 0 unspecified atom stereocenters. The van der Waals surface area contributed by atoms with E-state index in [9.17, 15) is 13.2 Å². The average Bonchev–Trinajstić information content (AvgIpc) is 2.82. The van der Waals surface area contributed by atoms with Gasteiger partial charge >= 0.3 is 0 Å². The minimum atomic E-state index is -3.82. The lowest BCUT2D eigenvalue weighted by molar-refractivity contribution is 0.0951. The first-order chi connectivity index (χ1) is 16.2. The molecule has 1 heterocycles. The van der Waals surface area contributed by atoms with Crippen LogP contribution in [0.15, 0.2) is 90.1 Å². The molecular formula is C25H21ClN4O3S. The number of amides is 1. The van der Waals surface area contributed by atoms with Crippen molar-refractivity contribution in [3.63, 3.8) is 0 Å². The largest absolute Gasteiger partial charge is 0.398 e. The van der Waals surface area contributed by atoms with E-state index >= 15 is 0 Å². The van der Waals surface area contributed by atoms with Gasteiger partial charge < -0.3 is 11.1 Å². The highest BCUT2D eigenvalue weighted by molar-refractivity contribution is 7.89. The number of nitrogens with two attached hydrogens (primary N) is 2. The van der Waals surface area contributed by atoms with Gasteiger partial charge in [0.1, 0.15) is 0 Å². The van der Waals surface area contributed by atoms with Crippen molar-refractivity contribution >= 4 is 33.2 Å². The minimum absolute atomic E-state index is 0.00351. The van der Waals surface area contributed by atoms with Crippen molar-refractivity contribution in [2.45, 2.75) is 11.4 Å². The third-order valence-electron chi connectivity index (χ3n) is 5.21. The van der Waals surface area contributed by atoms with Crippen LogP contribution < -0.4 is 16.2 Å². The van der Waals surface area contributed by atoms with E-state index in [4.69, 9.17) is 22.5 Å². The molecule has 7 nitrogen and oxygen atoms in total. The molecule has 34 heavy (non-hydrogen) atoms. The number of nitrogens with one attached hydrogen (secondary N) is 1. The summed E-state index contributed by atoms with van der Waals surface area (Å²) < 4.78 is 23.2. The first-order valence-electron chi connectivity index (χ1n) is 10.2. The molecule has 1 amide bonds. The molecule has 1 aromatic heterocycles. The highest BCUT2D eigenvalue weighted by Crippen LogP contribution is 2.33. The van der Waals surface area contributed by atoms with Crippen molar-refractivity contribution in [2.24, 2.45) is 5.14 Å². The second-order valence-electron chi connectivity index (χ2n) is 7.64. The van der Waals surface area contributed by atoms with Gasteiger partial charge in [-0.1, -0.05) is 35.9 Å². The molecule has 4 aromatic rings. The fourth-order valence-corrected chi connectivity index (χ4v) is 4.20. The van der Waals surface area contributed by atoms with Crippen molar-refractivity contribution in [1.82, 2.24) is 10.3 Å². The molecule has 0 fully saturated rings. The van der Waals surface area contributed by atoms with Crippen LogP contribution in [0.2, 0.25) is 5.02 Å². The number of sulfonamides is 1. The maximum absolute atomic E-state index is 13.0. The van der Waals surface area contributed by atoms with Gasteiger partial charge in [-0.2, -0.15) is 0 Å². The smallest absolute Gasteiger partial charge is 0.251 e. The van der Waals surface area contributed by atoms with Crippen LogP contribution in [0, 0.1) is 0 Å². The molecule has 9 heteroatoms. The highest BCUT2D eigenvalue weighted by atomic mass is 35.5. The summed E-state index contributed by atoms with van der Waals surface area (Å²) in [4.78, 5) is 17.1. The van der Waals surface area contributed by atoms with Gasteiger partial charge in [0, 0.05) is 40.8 Å². The Hall–Kier alpha value is -3.72. The lowest BCUT2D eigenvalue weighted by Gasteiger charge is -2.13. The molecule has 0 aliphatic carbocycles. The lowest BCUT2D eigenvalue weighted by Crippen LogP contribution is -2.23. The summed E-state index contributed by atoms with van der Waals surface area (Å²) in [6, 6.07) is 20.3. The van der Waals surface area contributed by atoms with E-state index in [1.54, 1.807) is 60.9 Å². The summed E-state index contributed by atoms with van der Waals surface area (Å²) in [5, 5.41) is 8.61. The number of anilines is 1. The van der Waals surface area contributed by atoms with Crippen molar-refractivity contribution in [1.29, 1.82) is 0 Å². The van der Waals surface area contributed by atoms with Crippen molar-refractivity contribution in [3.05, 3.63) is 101 Å². The molecule has 0 aliphatic rings. The molecule has 172 valence electrons. The number of rotatable bonds is 6. The second kappa shape index (κ2) is 9.64. The molecule has 0 atom stereocenters. The summed E-state index contributed by atoms with van der Waals surface area (Å²) in [6.45, 7) is 0.318. The number of carbonyl (C=O) groups is 1. The van der Waals surface area contributed by atoms with E-state index in [0.717, 1.165) is 5.56 Å². The predicted octanol–water partition coefficient (Wildman–Crippen LogP) is 4.23. The Morgan fingerprint density at radius 1 is 0.941 bits per heavy atom. The van der Waals surface area contributed by atoms with Crippen molar-refractivity contribution in [3.8, 4) is 22.3 Å². The number of aromatic nitrogens is 1. The first kappa shape index (κ1) is 23.4. The number of hydrogen-bond acceptors (Lipinski definition) is 5. The van der Waals surface area contributed by atoms with Crippen LogP contribution in [-0.2, 0) is 16.6 Å². The number of carbonyl (C=O) groups excluding carboxylic acids is 1. The second-order valence-corrected chi connectivity index (χ2v) is 9.64. The van der Waals surface area contributed by atoms with Crippen molar-refractivity contribution in [2.75, 3.05) is 5.73 Å². The number of pyridine rings is 1. The van der Waals surface area contributed by atoms with Gasteiger partial charge in [-0.3, -0.25) is 9.78 Å². The van der Waals surface area contributed by atoms with Gasteiger partial charge in [0.15, 0.2) is 0 Å². The average molecular weight is 493 g/mol. The molecule has 0 saturated carbocycles. The highest BCUT2D eigenvalue weighted by Gasteiger charge is 2.14. The van der Waals surface area contributed by atoms with E-state index in [1.165, 1.54) is 12.1 Å². The fraction of sp³-hybridized carbons (Fsp3) is 0.0400. The number of nitrogens with zero attached hydrogens (tertiary/aromatic N) is 1.